The molecular formula is C22H40N2O4. The van der Waals surface area contributed by atoms with E-state index >= 15 is 0 Å². The maximum Gasteiger partial charge on any atom is 0.224 e. The summed E-state index contributed by atoms with van der Waals surface area (Å²) in [6.07, 6.45) is 6.97. The second-order valence-corrected chi connectivity index (χ2v) is 9.84. The van der Waals surface area contributed by atoms with E-state index in [2.05, 4.69) is 0 Å². The Labute approximate surface area is 169 Å². The zero-order valence-corrected chi connectivity index (χ0v) is 17.6. The summed E-state index contributed by atoms with van der Waals surface area (Å²) in [5, 5.41) is 21.9. The summed E-state index contributed by atoms with van der Waals surface area (Å²) in [6, 6.07) is 0. The summed E-state index contributed by atoms with van der Waals surface area (Å²) in [7, 11) is 0. The smallest absolute Gasteiger partial charge is 0.224 e. The number of amides is 2. The van der Waals surface area contributed by atoms with Gasteiger partial charge in [0.15, 0.2) is 0 Å². The van der Waals surface area contributed by atoms with Crippen LogP contribution < -0.4 is 11.5 Å². The minimum Gasteiger partial charge on any atom is -0.390 e. The summed E-state index contributed by atoms with van der Waals surface area (Å²) < 4.78 is 0. The average Bonchev–Trinajstić information content (AvgIpc) is 3.42. The third-order valence-corrected chi connectivity index (χ3v) is 6.87. The SMILES string of the molecule is CC(C)C[C@H](O)[C@H](O)[C@@H](CC1CCCCC1)[C@](CC(N)=O)(CC1CC1)C(N)=O. The fraction of sp³-hybridized carbons (Fsp3) is 0.909. The Kier molecular flexibility index (Phi) is 8.31. The lowest BCUT2D eigenvalue weighted by atomic mass is 9.61. The fourth-order valence-corrected chi connectivity index (χ4v) is 5.24. The van der Waals surface area contributed by atoms with Gasteiger partial charge in [-0.25, -0.2) is 0 Å². The van der Waals surface area contributed by atoms with Crippen molar-refractivity contribution in [3.63, 3.8) is 0 Å². The minimum absolute atomic E-state index is 0.151. The van der Waals surface area contributed by atoms with E-state index in [-0.39, 0.29) is 12.3 Å². The van der Waals surface area contributed by atoms with E-state index in [0.29, 0.717) is 31.1 Å². The predicted octanol–water partition coefficient (Wildman–Crippen LogP) is 2.49. The lowest BCUT2D eigenvalue weighted by molar-refractivity contribution is -0.147. The number of hydrogen-bond acceptors (Lipinski definition) is 4. The summed E-state index contributed by atoms with van der Waals surface area (Å²) in [4.78, 5) is 24.7. The van der Waals surface area contributed by atoms with Crippen LogP contribution >= 0.6 is 0 Å². The molecule has 0 radical (unpaired) electrons. The molecule has 6 N–H and O–H groups in total. The van der Waals surface area contributed by atoms with Crippen molar-refractivity contribution >= 4 is 11.8 Å². The van der Waals surface area contributed by atoms with Crippen LogP contribution in [0.1, 0.15) is 84.5 Å². The number of nitrogens with two attached hydrogens (primary N) is 2. The van der Waals surface area contributed by atoms with Crippen LogP contribution in [0.15, 0.2) is 0 Å². The van der Waals surface area contributed by atoms with Crippen molar-refractivity contribution in [1.29, 1.82) is 0 Å². The zero-order chi connectivity index (χ0) is 20.9. The van der Waals surface area contributed by atoms with E-state index in [0.717, 1.165) is 38.5 Å². The normalized spacial score (nSPS) is 23.8. The van der Waals surface area contributed by atoms with Crippen LogP contribution in [0.25, 0.3) is 0 Å². The minimum atomic E-state index is -1.18. The van der Waals surface area contributed by atoms with Gasteiger partial charge in [0.2, 0.25) is 11.8 Å². The third-order valence-electron chi connectivity index (χ3n) is 6.87. The van der Waals surface area contributed by atoms with E-state index in [1.807, 2.05) is 13.8 Å². The van der Waals surface area contributed by atoms with E-state index < -0.39 is 35.4 Å². The molecular weight excluding hydrogens is 356 g/mol. The molecule has 0 heterocycles. The van der Waals surface area contributed by atoms with E-state index in [4.69, 9.17) is 11.5 Å². The van der Waals surface area contributed by atoms with Crippen molar-refractivity contribution < 1.29 is 19.8 Å². The molecule has 0 aromatic rings. The van der Waals surface area contributed by atoms with Gasteiger partial charge in [-0.2, -0.15) is 0 Å². The topological polar surface area (TPSA) is 127 Å². The first-order valence-corrected chi connectivity index (χ1v) is 11.1. The highest BCUT2D eigenvalue weighted by Crippen LogP contribution is 2.50. The lowest BCUT2D eigenvalue weighted by Crippen LogP contribution is -2.53. The Morgan fingerprint density at radius 1 is 1.00 bits per heavy atom. The molecule has 0 aromatic heterocycles. The van der Waals surface area contributed by atoms with Crippen LogP contribution in [0, 0.1) is 29.1 Å². The van der Waals surface area contributed by atoms with E-state index in [9.17, 15) is 19.8 Å². The predicted molar refractivity (Wildman–Crippen MR) is 109 cm³/mol. The fourth-order valence-electron chi connectivity index (χ4n) is 5.24. The monoisotopic (exact) mass is 396 g/mol. The molecule has 2 fully saturated rings. The molecule has 0 bridgehead atoms. The lowest BCUT2D eigenvalue weighted by Gasteiger charge is -2.44. The quantitative estimate of drug-likeness (QED) is 0.404. The average molecular weight is 397 g/mol. The van der Waals surface area contributed by atoms with Gasteiger partial charge in [-0.15, -0.1) is 0 Å². The standard InChI is InChI=1S/C22H40N2O4/c1-14(2)10-18(25)20(27)17(11-15-6-4-3-5-7-15)22(21(24)28,13-19(23)26)12-16-8-9-16/h14-18,20,25,27H,3-13H2,1-2H3,(H2,23,26)(H2,24,28)/t17-,18+,20-,22-/m1/s1. The van der Waals surface area contributed by atoms with Crippen molar-refractivity contribution in [2.45, 2.75) is 96.7 Å². The number of aliphatic hydroxyl groups excluding tert-OH is 2. The molecule has 2 aliphatic carbocycles. The van der Waals surface area contributed by atoms with Crippen LogP contribution in [0.5, 0.6) is 0 Å². The molecule has 2 aliphatic rings. The first-order valence-electron chi connectivity index (χ1n) is 11.1. The van der Waals surface area contributed by atoms with Gasteiger partial charge in [0.1, 0.15) is 0 Å². The Morgan fingerprint density at radius 2 is 1.61 bits per heavy atom. The first kappa shape index (κ1) is 23.1. The van der Waals surface area contributed by atoms with Crippen LogP contribution in [0.3, 0.4) is 0 Å². The number of rotatable bonds is 12. The van der Waals surface area contributed by atoms with Crippen LogP contribution in [0.2, 0.25) is 0 Å². The Bertz CT molecular complexity index is 529. The molecule has 4 atom stereocenters. The van der Waals surface area contributed by atoms with Gasteiger partial charge in [0.25, 0.3) is 0 Å². The van der Waals surface area contributed by atoms with Gasteiger partial charge in [0, 0.05) is 12.3 Å². The maximum atomic E-state index is 12.8. The highest BCUT2D eigenvalue weighted by molar-refractivity contribution is 5.87. The number of carbonyl (C=O) groups excluding carboxylic acids is 2. The Morgan fingerprint density at radius 3 is 2.07 bits per heavy atom. The first-order chi connectivity index (χ1) is 13.2. The molecule has 0 spiro atoms. The molecule has 0 unspecified atom stereocenters. The van der Waals surface area contributed by atoms with Gasteiger partial charge in [-0.3, -0.25) is 9.59 Å². The summed E-state index contributed by atoms with van der Waals surface area (Å²) in [5.41, 5.74) is 10.3. The van der Waals surface area contributed by atoms with E-state index in [1.54, 1.807) is 0 Å². The Balaban J connectivity index is 2.36. The van der Waals surface area contributed by atoms with Gasteiger partial charge in [-0.1, -0.05) is 58.8 Å². The number of carbonyl (C=O) groups is 2. The molecule has 6 nitrogen and oxygen atoms in total. The second kappa shape index (κ2) is 10.1. The zero-order valence-electron chi connectivity index (χ0n) is 17.6. The van der Waals surface area contributed by atoms with Gasteiger partial charge in [-0.05, 0) is 37.0 Å². The van der Waals surface area contributed by atoms with E-state index in [1.165, 1.54) is 6.42 Å². The Hall–Kier alpha value is -1.14. The molecule has 2 amide bonds. The molecule has 2 rings (SSSR count). The number of aliphatic hydroxyl groups is 2. The summed E-state index contributed by atoms with van der Waals surface area (Å²) in [5.74, 6) is -0.744. The molecule has 162 valence electrons. The summed E-state index contributed by atoms with van der Waals surface area (Å²) in [6.45, 7) is 3.97. The highest BCUT2D eigenvalue weighted by atomic mass is 16.3. The van der Waals surface area contributed by atoms with Crippen LogP contribution in [-0.2, 0) is 9.59 Å². The van der Waals surface area contributed by atoms with Crippen molar-refractivity contribution in [2.24, 2.45) is 40.6 Å². The second-order valence-electron chi connectivity index (χ2n) is 9.84. The summed E-state index contributed by atoms with van der Waals surface area (Å²) >= 11 is 0. The van der Waals surface area contributed by atoms with Gasteiger partial charge < -0.3 is 21.7 Å². The van der Waals surface area contributed by atoms with Crippen molar-refractivity contribution in [3.8, 4) is 0 Å². The molecule has 0 saturated heterocycles. The number of hydrogen-bond donors (Lipinski definition) is 4. The number of primary amides is 2. The van der Waals surface area contributed by atoms with Crippen LogP contribution in [-0.4, -0.2) is 34.2 Å². The highest BCUT2D eigenvalue weighted by Gasteiger charge is 2.52. The molecule has 0 aliphatic heterocycles. The van der Waals surface area contributed by atoms with Crippen molar-refractivity contribution in [3.05, 3.63) is 0 Å². The van der Waals surface area contributed by atoms with Crippen molar-refractivity contribution in [2.75, 3.05) is 0 Å². The molecule has 2 saturated carbocycles. The molecule has 0 aromatic carbocycles. The molecule has 6 heteroatoms. The van der Waals surface area contributed by atoms with Crippen LogP contribution in [0.4, 0.5) is 0 Å². The maximum absolute atomic E-state index is 12.8. The van der Waals surface area contributed by atoms with Gasteiger partial charge in [0.05, 0.1) is 17.6 Å². The third kappa shape index (κ3) is 6.18. The van der Waals surface area contributed by atoms with Gasteiger partial charge >= 0.3 is 0 Å². The molecule has 28 heavy (non-hydrogen) atoms. The van der Waals surface area contributed by atoms with Crippen molar-refractivity contribution in [1.82, 2.24) is 0 Å². The largest absolute Gasteiger partial charge is 0.390 e.